The predicted molar refractivity (Wildman–Crippen MR) is 80.0 cm³/mol. The molecular weight excluding hydrogens is 306 g/mol. The van der Waals surface area contributed by atoms with Crippen LogP contribution in [0.25, 0.3) is 0 Å². The lowest BCUT2D eigenvalue weighted by molar-refractivity contribution is -0.142. The number of aliphatic carboxylic acids is 1. The molecular formula is C15H19NO5S. The first-order chi connectivity index (χ1) is 10.1. The smallest absolute Gasteiger partial charge is 0.307 e. The van der Waals surface area contributed by atoms with Crippen molar-refractivity contribution < 1.29 is 23.1 Å². The summed E-state index contributed by atoms with van der Waals surface area (Å²) in [6, 6.07) is 6.11. The van der Waals surface area contributed by atoms with Crippen LogP contribution in [0.5, 0.6) is 0 Å². The van der Waals surface area contributed by atoms with Crippen molar-refractivity contribution in [3.8, 4) is 0 Å². The molecule has 1 aliphatic rings. The zero-order valence-electron chi connectivity index (χ0n) is 12.7. The minimum absolute atomic E-state index is 0.188. The molecule has 1 N–H and O–H groups in total. The molecule has 6 nitrogen and oxygen atoms in total. The van der Waals surface area contributed by atoms with Crippen LogP contribution in [0.1, 0.15) is 24.9 Å². The lowest BCUT2D eigenvalue weighted by atomic mass is 10.1. The van der Waals surface area contributed by atoms with E-state index in [1.165, 1.54) is 17.0 Å². The Balaban J connectivity index is 2.09. The fraction of sp³-hybridized carbons (Fsp3) is 0.467. The van der Waals surface area contributed by atoms with Gasteiger partial charge in [-0.2, -0.15) is 0 Å². The van der Waals surface area contributed by atoms with Gasteiger partial charge in [-0.25, -0.2) is 8.42 Å². The van der Waals surface area contributed by atoms with Crippen molar-refractivity contribution in [2.24, 2.45) is 11.8 Å². The molecule has 0 spiro atoms. The lowest BCUT2D eigenvalue weighted by Crippen LogP contribution is -2.31. The summed E-state index contributed by atoms with van der Waals surface area (Å²) < 4.78 is 22.9. The first-order valence-electron chi connectivity index (χ1n) is 6.92. The Kier molecular flexibility index (Phi) is 4.28. The molecule has 0 unspecified atom stereocenters. The van der Waals surface area contributed by atoms with Gasteiger partial charge >= 0.3 is 5.97 Å². The second-order valence-electron chi connectivity index (χ2n) is 5.75. The van der Waals surface area contributed by atoms with E-state index in [2.05, 4.69) is 0 Å². The molecule has 0 aromatic heterocycles. The van der Waals surface area contributed by atoms with Crippen LogP contribution in [0, 0.1) is 11.8 Å². The number of carbonyl (C=O) groups is 2. The van der Waals surface area contributed by atoms with Crippen molar-refractivity contribution in [2.75, 3.05) is 13.3 Å². The van der Waals surface area contributed by atoms with Crippen LogP contribution in [0.2, 0.25) is 0 Å². The monoisotopic (exact) mass is 325 g/mol. The summed E-state index contributed by atoms with van der Waals surface area (Å²) in [5.74, 6) is -2.14. The van der Waals surface area contributed by atoms with Crippen molar-refractivity contribution in [1.29, 1.82) is 0 Å². The summed E-state index contributed by atoms with van der Waals surface area (Å²) in [5.41, 5.74) is 0.802. The van der Waals surface area contributed by atoms with E-state index < -0.39 is 27.6 Å². The molecule has 1 aliphatic carbocycles. The molecule has 1 amide bonds. The van der Waals surface area contributed by atoms with Gasteiger partial charge in [0.2, 0.25) is 5.91 Å². The lowest BCUT2D eigenvalue weighted by Gasteiger charge is -2.25. The van der Waals surface area contributed by atoms with Crippen molar-refractivity contribution in [1.82, 2.24) is 4.90 Å². The maximum absolute atomic E-state index is 12.2. The largest absolute Gasteiger partial charge is 0.481 e. The topological polar surface area (TPSA) is 91.8 Å². The summed E-state index contributed by atoms with van der Waals surface area (Å²) in [6.07, 6.45) is 1.53. The molecule has 120 valence electrons. The number of benzene rings is 1. The number of hydrogen-bond acceptors (Lipinski definition) is 4. The van der Waals surface area contributed by atoms with Gasteiger partial charge in [-0.3, -0.25) is 9.59 Å². The zero-order valence-corrected chi connectivity index (χ0v) is 13.5. The van der Waals surface area contributed by atoms with Crippen LogP contribution in [0.15, 0.2) is 29.2 Å². The van der Waals surface area contributed by atoms with Gasteiger partial charge in [0, 0.05) is 13.3 Å². The number of carboxylic acids is 1. The van der Waals surface area contributed by atoms with E-state index in [0.717, 1.165) is 11.8 Å². The van der Waals surface area contributed by atoms with Gasteiger partial charge in [-0.15, -0.1) is 0 Å². The molecule has 1 aromatic carbocycles. The molecule has 7 heteroatoms. The first-order valence-corrected chi connectivity index (χ1v) is 8.81. The maximum Gasteiger partial charge on any atom is 0.307 e. The van der Waals surface area contributed by atoms with E-state index >= 15 is 0 Å². The van der Waals surface area contributed by atoms with Gasteiger partial charge in [-0.1, -0.05) is 12.1 Å². The summed E-state index contributed by atoms with van der Waals surface area (Å²) in [6.45, 7) is 1.82. The highest BCUT2D eigenvalue weighted by Crippen LogP contribution is 2.41. The third kappa shape index (κ3) is 3.30. The number of hydrogen-bond donors (Lipinski definition) is 1. The number of nitrogens with zero attached hydrogens (tertiary/aromatic N) is 1. The number of carboxylic acid groups (broad SMARTS) is 1. The van der Waals surface area contributed by atoms with Crippen LogP contribution < -0.4 is 0 Å². The van der Waals surface area contributed by atoms with Crippen LogP contribution >= 0.6 is 0 Å². The number of sulfone groups is 1. The van der Waals surface area contributed by atoms with Gasteiger partial charge in [0.15, 0.2) is 9.84 Å². The fourth-order valence-corrected chi connectivity index (χ4v) is 3.04. The molecule has 0 aliphatic heterocycles. The van der Waals surface area contributed by atoms with Crippen molar-refractivity contribution in [3.63, 3.8) is 0 Å². The average molecular weight is 325 g/mol. The Bertz CT molecular complexity index is 695. The van der Waals surface area contributed by atoms with Gasteiger partial charge in [0.25, 0.3) is 0 Å². The Morgan fingerprint density at radius 1 is 1.23 bits per heavy atom. The molecule has 1 saturated carbocycles. The molecule has 0 heterocycles. The van der Waals surface area contributed by atoms with E-state index in [1.54, 1.807) is 19.2 Å². The van der Waals surface area contributed by atoms with E-state index in [4.69, 9.17) is 5.11 Å². The van der Waals surface area contributed by atoms with Crippen molar-refractivity contribution in [2.45, 2.75) is 24.3 Å². The SMILES string of the molecule is C[C@H](c1ccc(S(C)(=O)=O)cc1)N(C)C(=O)[C@H]1C[C@H]1C(=O)O. The standard InChI is InChI=1S/C15H19NO5S/c1-9(10-4-6-11(7-5-10)22(3,20)21)16(2)14(17)12-8-13(12)15(18)19/h4-7,9,12-13H,8H2,1-3H3,(H,18,19)/t9-,12+,13-/m1/s1. The highest BCUT2D eigenvalue weighted by Gasteiger charge is 2.49. The van der Waals surface area contributed by atoms with Crippen LogP contribution in [0.4, 0.5) is 0 Å². The van der Waals surface area contributed by atoms with Gasteiger partial charge < -0.3 is 10.0 Å². The highest BCUT2D eigenvalue weighted by atomic mass is 32.2. The maximum atomic E-state index is 12.2. The predicted octanol–water partition coefficient (Wildman–Crippen LogP) is 1.33. The summed E-state index contributed by atoms with van der Waals surface area (Å²) in [7, 11) is -1.61. The van der Waals surface area contributed by atoms with E-state index in [9.17, 15) is 18.0 Å². The molecule has 1 fully saturated rings. The average Bonchev–Trinajstić information content (AvgIpc) is 3.24. The Hall–Kier alpha value is -1.89. The third-order valence-corrected chi connectivity index (χ3v) is 5.27. The molecule has 1 aromatic rings. The van der Waals surface area contributed by atoms with Crippen LogP contribution in [-0.4, -0.2) is 43.6 Å². The minimum atomic E-state index is -3.25. The summed E-state index contributed by atoms with van der Waals surface area (Å²) in [5, 5.41) is 8.89. The summed E-state index contributed by atoms with van der Waals surface area (Å²) >= 11 is 0. The van der Waals surface area contributed by atoms with Crippen molar-refractivity contribution in [3.05, 3.63) is 29.8 Å². The van der Waals surface area contributed by atoms with Gasteiger partial charge in [0.1, 0.15) is 0 Å². The van der Waals surface area contributed by atoms with E-state index in [-0.39, 0.29) is 16.8 Å². The molecule has 22 heavy (non-hydrogen) atoms. The fourth-order valence-electron chi connectivity index (χ4n) is 2.41. The highest BCUT2D eigenvalue weighted by molar-refractivity contribution is 7.90. The summed E-state index contributed by atoms with van der Waals surface area (Å²) in [4.78, 5) is 24.8. The normalized spacial score (nSPS) is 22.0. The van der Waals surface area contributed by atoms with Crippen molar-refractivity contribution >= 4 is 21.7 Å². The van der Waals surface area contributed by atoms with Crippen LogP contribution in [-0.2, 0) is 19.4 Å². The number of amides is 1. The van der Waals surface area contributed by atoms with E-state index in [1.807, 2.05) is 6.92 Å². The Labute approximate surface area is 129 Å². The number of carbonyl (C=O) groups excluding carboxylic acids is 1. The zero-order chi connectivity index (χ0) is 16.7. The molecule has 0 bridgehead atoms. The van der Waals surface area contributed by atoms with Gasteiger partial charge in [0.05, 0.1) is 22.8 Å². The first kappa shape index (κ1) is 16.5. The quantitative estimate of drug-likeness (QED) is 0.882. The molecule has 0 saturated heterocycles. The Morgan fingerprint density at radius 2 is 1.77 bits per heavy atom. The third-order valence-electron chi connectivity index (χ3n) is 4.14. The van der Waals surface area contributed by atoms with E-state index in [0.29, 0.717) is 6.42 Å². The van der Waals surface area contributed by atoms with Crippen LogP contribution in [0.3, 0.4) is 0 Å². The second kappa shape index (κ2) is 5.72. The second-order valence-corrected chi connectivity index (χ2v) is 7.77. The Morgan fingerprint density at radius 3 is 2.18 bits per heavy atom. The minimum Gasteiger partial charge on any atom is -0.481 e. The number of rotatable bonds is 5. The molecule has 3 atom stereocenters. The molecule has 2 rings (SSSR count). The molecule has 0 radical (unpaired) electrons. The van der Waals surface area contributed by atoms with Gasteiger partial charge in [-0.05, 0) is 31.0 Å².